The molecule has 1 unspecified atom stereocenters. The minimum atomic E-state index is -3.34. The number of hydrogen-bond donors (Lipinski definition) is 0. The van der Waals surface area contributed by atoms with Crippen LogP contribution in [0.2, 0.25) is 0 Å². The van der Waals surface area contributed by atoms with Crippen LogP contribution in [0.3, 0.4) is 0 Å². The highest BCUT2D eigenvalue weighted by molar-refractivity contribution is 7.91. The van der Waals surface area contributed by atoms with Crippen LogP contribution in [0.4, 0.5) is 0 Å². The molecule has 2 aromatic heterocycles. The molecular weight excluding hydrogens is 308 g/mol. The van der Waals surface area contributed by atoms with Crippen molar-refractivity contribution in [2.24, 2.45) is 0 Å². The average Bonchev–Trinajstić information content (AvgIpc) is 2.99. The predicted octanol–water partition coefficient (Wildman–Crippen LogP) is 1.85. The van der Waals surface area contributed by atoms with Crippen LogP contribution < -0.4 is 0 Å². The third-order valence-electron chi connectivity index (χ3n) is 4.11. The van der Waals surface area contributed by atoms with E-state index >= 15 is 0 Å². The molecule has 0 amide bonds. The van der Waals surface area contributed by atoms with Gasteiger partial charge in [-0.3, -0.25) is 0 Å². The molecule has 0 spiro atoms. The summed E-state index contributed by atoms with van der Waals surface area (Å²) in [4.78, 5) is 0. The first-order valence-electron chi connectivity index (χ1n) is 7.10. The quantitative estimate of drug-likeness (QED) is 0.861. The smallest absolute Gasteiger partial charge is 0.248 e. The van der Waals surface area contributed by atoms with Crippen molar-refractivity contribution in [2.45, 2.75) is 35.4 Å². The molecule has 1 atom stereocenters. The maximum Gasteiger partial charge on any atom is 0.252 e. The van der Waals surface area contributed by atoms with E-state index in [1.807, 2.05) is 10.9 Å². The molecule has 1 saturated heterocycles. The largest absolute Gasteiger partial charge is 0.252 e. The van der Waals surface area contributed by atoms with Gasteiger partial charge < -0.3 is 0 Å². The molecule has 0 radical (unpaired) electrons. The summed E-state index contributed by atoms with van der Waals surface area (Å²) in [5, 5.41) is 10.2. The normalized spacial score (nSPS) is 23.7. The molecular formula is C13H16N4O2S2. The Kier molecular flexibility index (Phi) is 3.13. The van der Waals surface area contributed by atoms with E-state index in [-0.39, 0.29) is 6.04 Å². The minimum Gasteiger partial charge on any atom is -0.248 e. The molecule has 2 aromatic rings. The zero-order valence-corrected chi connectivity index (χ0v) is 13.1. The van der Waals surface area contributed by atoms with Gasteiger partial charge in [-0.15, -0.1) is 16.4 Å². The Hall–Kier alpha value is -1.25. The van der Waals surface area contributed by atoms with Gasteiger partial charge in [0.05, 0.1) is 11.7 Å². The number of hydrogen-bond acceptors (Lipinski definition) is 5. The Morgan fingerprint density at radius 3 is 2.86 bits per heavy atom. The molecule has 2 fully saturated rings. The van der Waals surface area contributed by atoms with Gasteiger partial charge in [-0.2, -0.15) is 4.31 Å². The van der Waals surface area contributed by atoms with Gasteiger partial charge in [0.25, 0.3) is 10.0 Å². The fourth-order valence-electron chi connectivity index (χ4n) is 2.72. The van der Waals surface area contributed by atoms with Gasteiger partial charge in [0.15, 0.2) is 0 Å². The molecule has 3 heterocycles. The summed E-state index contributed by atoms with van der Waals surface area (Å²) in [6.45, 7) is 1.03. The molecule has 2 aliphatic rings. The highest BCUT2D eigenvalue weighted by Crippen LogP contribution is 2.39. The lowest BCUT2D eigenvalue weighted by atomic mass is 10.2. The monoisotopic (exact) mass is 324 g/mol. The van der Waals surface area contributed by atoms with Crippen LogP contribution in [0.5, 0.6) is 0 Å². The molecule has 0 aromatic carbocycles. The third-order valence-corrected chi connectivity index (χ3v) is 7.35. The second-order valence-electron chi connectivity index (χ2n) is 5.64. The zero-order chi connectivity index (χ0) is 14.4. The second-order valence-corrected chi connectivity index (χ2v) is 8.75. The summed E-state index contributed by atoms with van der Waals surface area (Å²) in [5.74, 6) is 0.575. The molecule has 8 heteroatoms. The van der Waals surface area contributed by atoms with Gasteiger partial charge in [-0.1, -0.05) is 11.3 Å². The van der Waals surface area contributed by atoms with Crippen LogP contribution in [0.15, 0.2) is 27.9 Å². The first kappa shape index (κ1) is 13.4. The fraction of sp³-hybridized carbons (Fsp3) is 0.538. The lowest BCUT2D eigenvalue weighted by Crippen LogP contribution is -2.28. The summed E-state index contributed by atoms with van der Waals surface area (Å²) in [5.41, 5.74) is 1.05. The average molecular weight is 324 g/mol. The number of nitrogens with zero attached hydrogens (tertiary/aromatic N) is 4. The maximum atomic E-state index is 12.5. The van der Waals surface area contributed by atoms with Crippen molar-refractivity contribution in [3.05, 3.63) is 29.4 Å². The van der Waals surface area contributed by atoms with E-state index in [4.69, 9.17) is 0 Å². The van der Waals surface area contributed by atoms with Gasteiger partial charge in [0.1, 0.15) is 4.21 Å². The second kappa shape index (κ2) is 4.89. The van der Waals surface area contributed by atoms with Crippen LogP contribution in [0, 0.1) is 0 Å². The topological polar surface area (TPSA) is 68.1 Å². The highest BCUT2D eigenvalue weighted by Gasteiger charge is 2.35. The third kappa shape index (κ3) is 2.41. The van der Waals surface area contributed by atoms with E-state index in [1.165, 1.54) is 24.2 Å². The summed E-state index contributed by atoms with van der Waals surface area (Å²) < 4.78 is 28.8. The standard InChI is InChI=1S/C13H16N4O2S2/c18-21(19,13-2-1-7-20-13)16-6-5-11(8-16)17-9-12(14-15-17)10-3-4-10/h1-2,7,9-11H,3-6,8H2. The molecule has 21 heavy (non-hydrogen) atoms. The van der Waals surface area contributed by atoms with Crippen molar-refractivity contribution in [2.75, 3.05) is 13.1 Å². The van der Waals surface area contributed by atoms with Crippen molar-refractivity contribution in [3.63, 3.8) is 0 Å². The molecule has 0 N–H and O–H groups in total. The Labute approximate surface area is 127 Å². The van der Waals surface area contributed by atoms with Crippen molar-refractivity contribution in [3.8, 4) is 0 Å². The van der Waals surface area contributed by atoms with E-state index in [0.717, 1.165) is 12.1 Å². The van der Waals surface area contributed by atoms with Gasteiger partial charge in [-0.25, -0.2) is 13.1 Å². The molecule has 1 aliphatic carbocycles. The Balaban J connectivity index is 1.51. The number of aromatic nitrogens is 3. The van der Waals surface area contributed by atoms with Crippen molar-refractivity contribution >= 4 is 21.4 Å². The maximum absolute atomic E-state index is 12.5. The molecule has 1 aliphatic heterocycles. The van der Waals surface area contributed by atoms with Gasteiger partial charge in [0, 0.05) is 25.2 Å². The Bertz CT molecular complexity index is 734. The summed E-state index contributed by atoms with van der Waals surface area (Å²) in [6, 6.07) is 3.53. The van der Waals surface area contributed by atoms with Gasteiger partial charge in [-0.05, 0) is 30.7 Å². The summed E-state index contributed by atoms with van der Waals surface area (Å²) >= 11 is 1.27. The minimum absolute atomic E-state index is 0.0970. The van der Waals surface area contributed by atoms with Crippen LogP contribution in [-0.4, -0.2) is 40.8 Å². The van der Waals surface area contributed by atoms with Gasteiger partial charge >= 0.3 is 0 Å². The van der Waals surface area contributed by atoms with E-state index in [2.05, 4.69) is 10.3 Å². The lowest BCUT2D eigenvalue weighted by Gasteiger charge is -2.15. The van der Waals surface area contributed by atoms with E-state index in [1.54, 1.807) is 21.8 Å². The molecule has 112 valence electrons. The van der Waals surface area contributed by atoms with Crippen molar-refractivity contribution < 1.29 is 8.42 Å². The van der Waals surface area contributed by atoms with Crippen LogP contribution in [-0.2, 0) is 10.0 Å². The fourth-order valence-corrected chi connectivity index (χ4v) is 5.35. The first-order valence-corrected chi connectivity index (χ1v) is 9.42. The van der Waals surface area contributed by atoms with Crippen LogP contribution in [0.1, 0.15) is 36.9 Å². The van der Waals surface area contributed by atoms with Gasteiger partial charge in [0.2, 0.25) is 0 Å². The van der Waals surface area contributed by atoms with E-state index in [9.17, 15) is 8.42 Å². The van der Waals surface area contributed by atoms with E-state index in [0.29, 0.717) is 23.2 Å². The number of rotatable bonds is 4. The van der Waals surface area contributed by atoms with Crippen molar-refractivity contribution in [1.82, 2.24) is 19.3 Å². The molecule has 1 saturated carbocycles. The molecule has 6 nitrogen and oxygen atoms in total. The Morgan fingerprint density at radius 1 is 1.29 bits per heavy atom. The van der Waals surface area contributed by atoms with Crippen molar-refractivity contribution in [1.29, 1.82) is 0 Å². The van der Waals surface area contributed by atoms with Crippen LogP contribution >= 0.6 is 11.3 Å². The number of thiophene rings is 1. The summed E-state index contributed by atoms with van der Waals surface area (Å²) in [6.07, 6.45) is 5.17. The van der Waals surface area contributed by atoms with Crippen LogP contribution in [0.25, 0.3) is 0 Å². The number of sulfonamides is 1. The van der Waals surface area contributed by atoms with E-state index < -0.39 is 10.0 Å². The Morgan fingerprint density at radius 2 is 2.14 bits per heavy atom. The highest BCUT2D eigenvalue weighted by atomic mass is 32.2. The summed E-state index contributed by atoms with van der Waals surface area (Å²) in [7, 11) is -3.34. The first-order chi connectivity index (χ1) is 10.1. The predicted molar refractivity (Wildman–Crippen MR) is 78.7 cm³/mol. The lowest BCUT2D eigenvalue weighted by molar-refractivity contribution is 0.429. The molecule has 4 rings (SSSR count). The zero-order valence-electron chi connectivity index (χ0n) is 11.4. The SMILES string of the molecule is O=S(=O)(c1cccs1)N1CCC(n2cc(C3CC3)nn2)C1. The molecule has 0 bridgehead atoms.